The zero-order chi connectivity index (χ0) is 12.4. The van der Waals surface area contributed by atoms with Gasteiger partial charge in [-0.15, -0.1) is 0 Å². The highest BCUT2D eigenvalue weighted by molar-refractivity contribution is 8.05. The van der Waals surface area contributed by atoms with E-state index >= 15 is 0 Å². The minimum absolute atomic E-state index is 0.456. The van der Waals surface area contributed by atoms with Crippen LogP contribution in [0.15, 0.2) is 62.0 Å². The van der Waals surface area contributed by atoms with E-state index in [9.17, 15) is 0 Å². The maximum Gasteiger partial charge on any atom is 0.268 e. The molecule has 1 heterocycles. The van der Waals surface area contributed by atoms with Crippen LogP contribution in [0.2, 0.25) is 0 Å². The van der Waals surface area contributed by atoms with Crippen molar-refractivity contribution in [3.63, 3.8) is 0 Å². The second-order valence-corrected chi connectivity index (χ2v) is 7.09. The average molecular weight is 288 g/mol. The largest absolute Gasteiger partial charge is 0.412 e. The molecule has 0 unspecified atom stereocenters. The summed E-state index contributed by atoms with van der Waals surface area (Å²) in [5.74, 6) is 0. The zero-order valence-electron chi connectivity index (χ0n) is 9.97. The molecule has 1 aliphatic heterocycles. The molecule has 0 fully saturated rings. The van der Waals surface area contributed by atoms with Gasteiger partial charge in [-0.3, -0.25) is 0 Å². The molecule has 90 valence electrons. The van der Waals surface area contributed by atoms with Gasteiger partial charge in [0, 0.05) is 26.2 Å². The van der Waals surface area contributed by atoms with Gasteiger partial charge in [-0.1, -0.05) is 41.7 Å². The van der Waals surface area contributed by atoms with Gasteiger partial charge < -0.3 is 4.43 Å². The van der Waals surface area contributed by atoms with E-state index < -0.39 is 0 Å². The first kappa shape index (κ1) is 12.4. The van der Waals surface area contributed by atoms with Gasteiger partial charge in [-0.25, -0.2) is 0 Å². The fourth-order valence-electron chi connectivity index (χ4n) is 1.75. The van der Waals surface area contributed by atoms with Crippen LogP contribution in [0, 0.1) is 0 Å². The second-order valence-electron chi connectivity index (χ2n) is 3.85. The lowest BCUT2D eigenvalue weighted by molar-refractivity contribution is 0.367. The highest BCUT2D eigenvalue weighted by Crippen LogP contribution is 2.47. The molecule has 3 rings (SSSR count). The third kappa shape index (κ3) is 2.52. The zero-order valence-corrected chi connectivity index (χ0v) is 12.6. The summed E-state index contributed by atoms with van der Waals surface area (Å²) in [7, 11) is 0.456. The molecule has 2 aromatic carbocycles. The first-order chi connectivity index (χ1) is 8.86. The highest BCUT2D eigenvalue weighted by atomic mass is 32.2. The van der Waals surface area contributed by atoms with E-state index in [1.54, 1.807) is 0 Å². The highest BCUT2D eigenvalue weighted by Gasteiger charge is 2.16. The predicted octanol–water partition coefficient (Wildman–Crippen LogP) is 3.58. The van der Waals surface area contributed by atoms with Crippen molar-refractivity contribution in [2.75, 3.05) is 6.61 Å². The fraction of sp³-hybridized carbons (Fsp3) is 0.143. The van der Waals surface area contributed by atoms with Crippen molar-refractivity contribution < 1.29 is 4.43 Å². The van der Waals surface area contributed by atoms with Gasteiger partial charge in [0.15, 0.2) is 0 Å². The third-order valence-corrected chi connectivity index (χ3v) is 6.09. The van der Waals surface area contributed by atoms with Crippen LogP contribution in [-0.4, -0.2) is 16.4 Å². The topological polar surface area (TPSA) is 9.23 Å². The third-order valence-electron chi connectivity index (χ3n) is 2.57. The van der Waals surface area contributed by atoms with Crippen molar-refractivity contribution in [2.24, 2.45) is 0 Å². The Hall–Kier alpha value is -0.683. The maximum absolute atomic E-state index is 5.49. The minimum atomic E-state index is 0.456. The number of benzene rings is 2. The van der Waals surface area contributed by atoms with Gasteiger partial charge in [0.2, 0.25) is 0 Å². The number of fused-ring (bicyclic) bond motifs is 2. The summed E-state index contributed by atoms with van der Waals surface area (Å²) in [5.41, 5.74) is 0. The molecule has 4 heteroatoms. The van der Waals surface area contributed by atoms with Crippen LogP contribution in [0.5, 0.6) is 0 Å². The summed E-state index contributed by atoms with van der Waals surface area (Å²) in [4.78, 5) is 5.41. The smallest absolute Gasteiger partial charge is 0.268 e. The lowest BCUT2D eigenvalue weighted by Gasteiger charge is -2.18. The van der Waals surface area contributed by atoms with Gasteiger partial charge >= 0.3 is 0 Å². The minimum Gasteiger partial charge on any atom is -0.412 e. The molecule has 0 saturated carbocycles. The lowest BCUT2D eigenvalue weighted by Crippen LogP contribution is -2.17. The van der Waals surface area contributed by atoms with Gasteiger partial charge in [0.1, 0.15) is 0 Å². The molecule has 0 amide bonds. The lowest BCUT2D eigenvalue weighted by atomic mass is 10.3. The summed E-state index contributed by atoms with van der Waals surface area (Å²) in [6, 6.07) is 15.2. The van der Waals surface area contributed by atoms with E-state index in [1.165, 1.54) is 24.8 Å². The van der Waals surface area contributed by atoms with E-state index in [4.69, 9.17) is 4.43 Å². The van der Waals surface area contributed by atoms with Crippen LogP contribution in [0.3, 0.4) is 0 Å². The first-order valence-corrected chi connectivity index (χ1v) is 8.37. The first-order valence-electron chi connectivity index (χ1n) is 5.83. The predicted molar refractivity (Wildman–Crippen MR) is 78.1 cm³/mol. The van der Waals surface area contributed by atoms with Crippen LogP contribution in [0.25, 0.3) is 0 Å². The normalized spacial score (nSPS) is 12.9. The number of rotatable bonds is 3. The maximum atomic E-state index is 5.49. The van der Waals surface area contributed by atoms with Crippen molar-refractivity contribution in [1.82, 2.24) is 0 Å². The molecular formula is C14H12OS2Si. The van der Waals surface area contributed by atoms with E-state index in [1.807, 2.05) is 30.4 Å². The Balaban J connectivity index is 1.89. The quantitative estimate of drug-likeness (QED) is 0.682. The Labute approximate surface area is 118 Å². The summed E-state index contributed by atoms with van der Waals surface area (Å²) in [6.07, 6.45) is 0. The van der Waals surface area contributed by atoms with Crippen molar-refractivity contribution in [3.8, 4) is 0 Å². The molecule has 1 nitrogen and oxygen atoms in total. The molecule has 0 aromatic heterocycles. The molecule has 2 aromatic rings. The monoisotopic (exact) mass is 288 g/mol. The summed E-state index contributed by atoms with van der Waals surface area (Å²) in [5, 5.41) is 1.28. The van der Waals surface area contributed by atoms with E-state index in [0.29, 0.717) is 9.76 Å². The summed E-state index contributed by atoms with van der Waals surface area (Å²) >= 11 is 3.71. The Morgan fingerprint density at radius 2 is 1.61 bits per heavy atom. The van der Waals surface area contributed by atoms with Crippen LogP contribution in [0.1, 0.15) is 6.92 Å². The Kier molecular flexibility index (Phi) is 3.79. The second kappa shape index (κ2) is 5.53. The van der Waals surface area contributed by atoms with Gasteiger partial charge in [-0.05, 0) is 36.4 Å². The molecule has 0 aliphatic carbocycles. The molecule has 2 radical (unpaired) electrons. The van der Waals surface area contributed by atoms with Crippen LogP contribution >= 0.6 is 23.5 Å². The Morgan fingerprint density at radius 1 is 0.944 bits per heavy atom. The fourth-order valence-corrected chi connectivity index (χ4v) is 4.77. The van der Waals surface area contributed by atoms with E-state index in [-0.39, 0.29) is 0 Å². The molecule has 0 N–H and O–H groups in total. The van der Waals surface area contributed by atoms with Gasteiger partial charge in [-0.2, -0.15) is 0 Å². The molecule has 0 saturated heterocycles. The summed E-state index contributed by atoms with van der Waals surface area (Å²) < 4.78 is 5.49. The molecule has 0 bridgehead atoms. The SMILES string of the molecule is CCO[Si]c1ccc2c(c1)Sc1ccccc1S2. The number of hydrogen-bond acceptors (Lipinski definition) is 3. The molecule has 0 spiro atoms. The summed E-state index contributed by atoms with van der Waals surface area (Å²) in [6.45, 7) is 2.81. The number of hydrogen-bond donors (Lipinski definition) is 0. The van der Waals surface area contributed by atoms with Crippen LogP contribution in [0.4, 0.5) is 0 Å². The van der Waals surface area contributed by atoms with Crippen LogP contribution < -0.4 is 5.19 Å². The van der Waals surface area contributed by atoms with Gasteiger partial charge in [0.05, 0.1) is 0 Å². The molecule has 1 aliphatic rings. The van der Waals surface area contributed by atoms with Crippen molar-refractivity contribution >= 4 is 38.5 Å². The van der Waals surface area contributed by atoms with E-state index in [2.05, 4.69) is 42.5 Å². The van der Waals surface area contributed by atoms with Crippen molar-refractivity contribution in [3.05, 3.63) is 42.5 Å². The standard InChI is InChI=1S/C14H12OS2Si/c1-2-15-18-10-7-8-13-14(9-10)17-12-6-4-3-5-11(12)16-13/h3-9H,2H2,1H3. The molecule has 0 atom stereocenters. The van der Waals surface area contributed by atoms with E-state index in [0.717, 1.165) is 6.61 Å². The average Bonchev–Trinajstić information content (AvgIpc) is 2.42. The molecular weight excluding hydrogens is 276 g/mol. The van der Waals surface area contributed by atoms with Gasteiger partial charge in [0.25, 0.3) is 9.76 Å². The van der Waals surface area contributed by atoms with Crippen molar-refractivity contribution in [1.29, 1.82) is 0 Å². The molecule has 18 heavy (non-hydrogen) atoms. The Bertz CT molecular complexity index is 571. The van der Waals surface area contributed by atoms with Crippen LogP contribution in [-0.2, 0) is 4.43 Å². The van der Waals surface area contributed by atoms with Crippen molar-refractivity contribution in [2.45, 2.75) is 26.5 Å². The Morgan fingerprint density at radius 3 is 2.33 bits per heavy atom.